The van der Waals surface area contributed by atoms with Crippen molar-refractivity contribution in [3.05, 3.63) is 35.4 Å². The van der Waals surface area contributed by atoms with Gasteiger partial charge in [-0.05, 0) is 19.1 Å². The summed E-state index contributed by atoms with van der Waals surface area (Å²) in [5.74, 6) is -0.0626. The van der Waals surface area contributed by atoms with Crippen LogP contribution in [-0.2, 0) is 4.79 Å². The normalized spacial score (nSPS) is 13.7. The van der Waals surface area contributed by atoms with E-state index in [4.69, 9.17) is 0 Å². The first-order valence-corrected chi connectivity index (χ1v) is 7.68. The van der Waals surface area contributed by atoms with Gasteiger partial charge < -0.3 is 9.80 Å². The van der Waals surface area contributed by atoms with E-state index >= 15 is 0 Å². The van der Waals surface area contributed by atoms with E-state index in [1.54, 1.807) is 22.9 Å². The largest absolute Gasteiger partial charge is 0.342 e. The van der Waals surface area contributed by atoms with Gasteiger partial charge in [0, 0.05) is 25.7 Å². The summed E-state index contributed by atoms with van der Waals surface area (Å²) >= 11 is 0. The molecule has 0 radical (unpaired) electrons. The number of rotatable bonds is 1. The Bertz CT molecular complexity index is 458. The molecule has 1 aliphatic rings. The van der Waals surface area contributed by atoms with E-state index in [-0.39, 0.29) is 18.4 Å². The van der Waals surface area contributed by atoms with Gasteiger partial charge in [0.05, 0.1) is 0 Å². The van der Waals surface area contributed by atoms with Crippen LogP contribution in [0, 0.1) is 6.92 Å². The molecule has 1 heterocycles. The highest BCUT2D eigenvalue weighted by Crippen LogP contribution is 2.10. The minimum absolute atomic E-state index is 0.00254. The van der Waals surface area contributed by atoms with E-state index in [2.05, 4.69) is 0 Å². The highest BCUT2D eigenvalue weighted by Gasteiger charge is 2.25. The summed E-state index contributed by atoms with van der Waals surface area (Å²) in [6.45, 7) is 11.3. The Kier molecular flexibility index (Phi) is 9.10. The molecule has 0 atom stereocenters. The van der Waals surface area contributed by atoms with Crippen molar-refractivity contribution < 1.29 is 9.59 Å². The minimum atomic E-state index is -0.0600. The van der Waals surface area contributed by atoms with Gasteiger partial charge in [-0.2, -0.15) is 0 Å². The second-order valence-electron chi connectivity index (χ2n) is 4.41. The lowest BCUT2D eigenvalue weighted by molar-refractivity contribution is -0.133. The van der Waals surface area contributed by atoms with Gasteiger partial charge in [-0.25, -0.2) is 0 Å². The maximum Gasteiger partial charge on any atom is 0.254 e. The van der Waals surface area contributed by atoms with Crippen molar-refractivity contribution in [2.45, 2.75) is 34.6 Å². The van der Waals surface area contributed by atoms with Crippen LogP contribution in [0.3, 0.4) is 0 Å². The molecule has 0 aromatic heterocycles. The number of aryl methyl sites for hydroxylation is 1. The van der Waals surface area contributed by atoms with Crippen molar-refractivity contribution in [1.82, 2.24) is 9.80 Å². The van der Waals surface area contributed by atoms with Gasteiger partial charge in [0.25, 0.3) is 5.91 Å². The molecule has 1 aliphatic heterocycles. The van der Waals surface area contributed by atoms with Crippen LogP contribution in [0.1, 0.15) is 43.6 Å². The number of hydrogen-bond acceptors (Lipinski definition) is 2. The minimum Gasteiger partial charge on any atom is -0.342 e. The number of hydrogen-bond donors (Lipinski definition) is 0. The standard InChI is InChI=1S/C13H16N2O2.2C2H6/c1-10-4-3-5-11(8-10)13(17)15-7-6-14(2)12(16)9-15;2*1-2/h3-5,8H,6-7,9H2,1-2H3;2*1-2H3. The smallest absolute Gasteiger partial charge is 0.254 e. The van der Waals surface area contributed by atoms with E-state index in [0.717, 1.165) is 5.56 Å². The average Bonchev–Trinajstić information content (AvgIpc) is 2.53. The van der Waals surface area contributed by atoms with Gasteiger partial charge in [-0.3, -0.25) is 9.59 Å². The Hall–Kier alpha value is -1.84. The number of benzene rings is 1. The highest BCUT2D eigenvalue weighted by molar-refractivity contribution is 5.97. The number of piperazine rings is 1. The molecule has 1 aromatic carbocycles. The van der Waals surface area contributed by atoms with Crippen LogP contribution in [-0.4, -0.2) is 48.3 Å². The molecule has 0 saturated carbocycles. The lowest BCUT2D eigenvalue weighted by Crippen LogP contribution is -2.50. The maximum absolute atomic E-state index is 12.2. The van der Waals surface area contributed by atoms with E-state index in [0.29, 0.717) is 18.7 Å². The molecule has 118 valence electrons. The maximum atomic E-state index is 12.2. The summed E-state index contributed by atoms with van der Waals surface area (Å²) in [7, 11) is 1.76. The van der Waals surface area contributed by atoms with Gasteiger partial charge in [-0.15, -0.1) is 0 Å². The summed E-state index contributed by atoms with van der Waals surface area (Å²) in [5.41, 5.74) is 1.71. The Balaban J connectivity index is 0.000000921. The van der Waals surface area contributed by atoms with E-state index < -0.39 is 0 Å². The van der Waals surface area contributed by atoms with Gasteiger partial charge in [-0.1, -0.05) is 45.4 Å². The van der Waals surface area contributed by atoms with Crippen LogP contribution in [0.2, 0.25) is 0 Å². The lowest BCUT2D eigenvalue weighted by Gasteiger charge is -2.32. The molecule has 2 amide bonds. The molecule has 1 saturated heterocycles. The van der Waals surface area contributed by atoms with E-state index in [1.165, 1.54) is 0 Å². The quantitative estimate of drug-likeness (QED) is 0.798. The SMILES string of the molecule is CC.CC.Cc1cccc(C(=O)N2CCN(C)C(=O)C2)c1. The Morgan fingerprint density at radius 1 is 1.10 bits per heavy atom. The predicted molar refractivity (Wildman–Crippen MR) is 87.4 cm³/mol. The molecule has 0 aliphatic carbocycles. The zero-order valence-corrected chi connectivity index (χ0v) is 14.1. The molecule has 0 unspecified atom stereocenters. The van der Waals surface area contributed by atoms with Crippen molar-refractivity contribution in [2.24, 2.45) is 0 Å². The Morgan fingerprint density at radius 3 is 2.24 bits per heavy atom. The van der Waals surface area contributed by atoms with Gasteiger partial charge in [0.15, 0.2) is 0 Å². The lowest BCUT2D eigenvalue weighted by atomic mass is 10.1. The molecular formula is C17H28N2O2. The number of carbonyl (C=O) groups excluding carboxylic acids is 2. The first kappa shape index (κ1) is 19.2. The summed E-state index contributed by atoms with van der Waals surface area (Å²) < 4.78 is 0. The summed E-state index contributed by atoms with van der Waals surface area (Å²) in [6, 6.07) is 7.45. The fourth-order valence-electron chi connectivity index (χ4n) is 1.89. The van der Waals surface area contributed by atoms with Crippen molar-refractivity contribution in [3.8, 4) is 0 Å². The van der Waals surface area contributed by atoms with Crippen molar-refractivity contribution >= 4 is 11.8 Å². The third kappa shape index (κ3) is 5.58. The topological polar surface area (TPSA) is 40.6 Å². The summed E-state index contributed by atoms with van der Waals surface area (Å²) in [5, 5.41) is 0. The Morgan fingerprint density at radius 2 is 1.71 bits per heavy atom. The predicted octanol–water partition coefficient (Wildman–Crippen LogP) is 2.96. The van der Waals surface area contributed by atoms with Crippen molar-refractivity contribution in [1.29, 1.82) is 0 Å². The zero-order valence-electron chi connectivity index (χ0n) is 14.1. The molecule has 21 heavy (non-hydrogen) atoms. The van der Waals surface area contributed by atoms with Crippen LogP contribution in [0.25, 0.3) is 0 Å². The third-order valence-electron chi connectivity index (χ3n) is 3.01. The molecule has 4 nitrogen and oxygen atoms in total. The Labute approximate surface area is 128 Å². The van der Waals surface area contributed by atoms with Gasteiger partial charge in [0.1, 0.15) is 6.54 Å². The molecule has 0 bridgehead atoms. The fourth-order valence-corrected chi connectivity index (χ4v) is 1.89. The fraction of sp³-hybridized carbons (Fsp3) is 0.529. The van der Waals surface area contributed by atoms with Crippen molar-refractivity contribution in [3.63, 3.8) is 0 Å². The van der Waals surface area contributed by atoms with Crippen LogP contribution in [0.4, 0.5) is 0 Å². The zero-order chi connectivity index (χ0) is 16.4. The molecule has 0 N–H and O–H groups in total. The van der Waals surface area contributed by atoms with Crippen LogP contribution < -0.4 is 0 Å². The van der Waals surface area contributed by atoms with E-state index in [9.17, 15) is 9.59 Å². The van der Waals surface area contributed by atoms with Gasteiger partial charge in [0.2, 0.25) is 5.91 Å². The van der Waals surface area contributed by atoms with Gasteiger partial charge >= 0.3 is 0 Å². The summed E-state index contributed by atoms with van der Waals surface area (Å²) in [4.78, 5) is 27.0. The third-order valence-corrected chi connectivity index (χ3v) is 3.01. The molecule has 4 heteroatoms. The summed E-state index contributed by atoms with van der Waals surface area (Å²) in [6.07, 6.45) is 0. The number of likely N-dealkylation sites (N-methyl/N-ethyl adjacent to an activating group) is 1. The monoisotopic (exact) mass is 292 g/mol. The number of amides is 2. The van der Waals surface area contributed by atoms with Crippen LogP contribution in [0.5, 0.6) is 0 Å². The molecule has 2 rings (SSSR count). The second-order valence-corrected chi connectivity index (χ2v) is 4.41. The van der Waals surface area contributed by atoms with E-state index in [1.807, 2.05) is 52.8 Å². The number of nitrogens with zero attached hydrogens (tertiary/aromatic N) is 2. The van der Waals surface area contributed by atoms with Crippen molar-refractivity contribution in [2.75, 3.05) is 26.7 Å². The molecule has 1 fully saturated rings. The average molecular weight is 292 g/mol. The molecule has 1 aromatic rings. The van der Waals surface area contributed by atoms with Crippen LogP contribution in [0.15, 0.2) is 24.3 Å². The molecular weight excluding hydrogens is 264 g/mol. The first-order chi connectivity index (χ1) is 10.1. The molecule has 0 spiro atoms. The number of carbonyl (C=O) groups is 2. The first-order valence-electron chi connectivity index (χ1n) is 7.68. The van der Waals surface area contributed by atoms with Crippen LogP contribution >= 0.6 is 0 Å². The highest BCUT2D eigenvalue weighted by atomic mass is 16.2. The second kappa shape index (κ2) is 9.97.